The molecule has 2 heterocycles. The lowest BCUT2D eigenvalue weighted by Gasteiger charge is -2.18. The van der Waals surface area contributed by atoms with Crippen LogP contribution in [-0.4, -0.2) is 23.2 Å². The fourth-order valence-electron chi connectivity index (χ4n) is 2.22. The van der Waals surface area contributed by atoms with Crippen molar-refractivity contribution in [3.05, 3.63) is 33.6 Å². The highest BCUT2D eigenvalue weighted by atomic mass is 79.9. The van der Waals surface area contributed by atoms with Crippen LogP contribution in [0, 0.1) is 0 Å². The first-order valence-electron chi connectivity index (χ1n) is 6.24. The van der Waals surface area contributed by atoms with Gasteiger partial charge in [-0.3, -0.25) is 0 Å². The van der Waals surface area contributed by atoms with Gasteiger partial charge in [-0.05, 0) is 53.5 Å². The molecule has 0 bridgehead atoms. The van der Waals surface area contributed by atoms with Gasteiger partial charge in [-0.25, -0.2) is 0 Å². The van der Waals surface area contributed by atoms with Crippen LogP contribution in [0.3, 0.4) is 0 Å². The normalized spacial score (nSPS) is 19.6. The largest absolute Gasteiger partial charge is 0.339 e. The van der Waals surface area contributed by atoms with Crippen molar-refractivity contribution in [3.8, 4) is 11.4 Å². The lowest BCUT2D eigenvalue weighted by molar-refractivity contribution is 0.322. The number of rotatable bonds is 2. The average molecular weight is 343 g/mol. The molecule has 1 atom stereocenters. The topological polar surface area (TPSA) is 51.0 Å². The van der Waals surface area contributed by atoms with Crippen LogP contribution in [0.5, 0.6) is 0 Å². The Kier molecular flexibility index (Phi) is 3.86. The van der Waals surface area contributed by atoms with Gasteiger partial charge in [0, 0.05) is 16.6 Å². The minimum atomic E-state index is 0.325. The van der Waals surface area contributed by atoms with Crippen molar-refractivity contribution in [3.63, 3.8) is 0 Å². The number of hydrogen-bond donors (Lipinski definition) is 1. The third-order valence-electron chi connectivity index (χ3n) is 3.27. The Hall–Kier alpha value is -0.910. The molecule has 0 amide bonds. The maximum Gasteiger partial charge on any atom is 0.231 e. The van der Waals surface area contributed by atoms with Crippen LogP contribution in [0.4, 0.5) is 0 Å². The number of nitrogens with one attached hydrogen (secondary N) is 1. The minimum Gasteiger partial charge on any atom is -0.339 e. The van der Waals surface area contributed by atoms with E-state index in [1.165, 1.54) is 0 Å². The summed E-state index contributed by atoms with van der Waals surface area (Å²) < 4.78 is 6.21. The van der Waals surface area contributed by atoms with E-state index in [1.807, 2.05) is 18.2 Å². The predicted octanol–water partition coefficient (Wildman–Crippen LogP) is 3.62. The predicted molar refractivity (Wildman–Crippen MR) is 77.3 cm³/mol. The van der Waals surface area contributed by atoms with Gasteiger partial charge in [0.15, 0.2) is 0 Å². The standard InChI is InChI=1S/C13H13BrClN3O/c14-10-6-8(3-4-11(10)15)12-17-13(19-18-12)9-2-1-5-16-7-9/h3-4,6,9,16H,1-2,5,7H2. The smallest absolute Gasteiger partial charge is 0.231 e. The number of nitrogens with zero attached hydrogens (tertiary/aromatic N) is 2. The second kappa shape index (κ2) is 5.61. The summed E-state index contributed by atoms with van der Waals surface area (Å²) in [5.41, 5.74) is 0.898. The molecule has 100 valence electrons. The molecule has 0 radical (unpaired) electrons. The van der Waals surface area contributed by atoms with Crippen LogP contribution in [0.15, 0.2) is 27.2 Å². The summed E-state index contributed by atoms with van der Waals surface area (Å²) in [5.74, 6) is 1.65. The molecule has 1 N–H and O–H groups in total. The number of aromatic nitrogens is 2. The first kappa shape index (κ1) is 13.1. The molecule has 1 aliphatic heterocycles. The lowest BCUT2D eigenvalue weighted by Crippen LogP contribution is -2.28. The number of benzene rings is 1. The molecule has 1 aliphatic rings. The zero-order valence-corrected chi connectivity index (χ0v) is 12.5. The van der Waals surface area contributed by atoms with E-state index in [0.717, 1.165) is 36.0 Å². The molecule has 0 spiro atoms. The molecule has 19 heavy (non-hydrogen) atoms. The average Bonchev–Trinajstić information content (AvgIpc) is 2.93. The highest BCUT2D eigenvalue weighted by Crippen LogP contribution is 2.29. The van der Waals surface area contributed by atoms with Crippen molar-refractivity contribution in [2.24, 2.45) is 0 Å². The van der Waals surface area contributed by atoms with E-state index in [0.29, 0.717) is 22.7 Å². The Bertz CT molecular complexity index is 581. The van der Waals surface area contributed by atoms with Gasteiger partial charge in [0.05, 0.1) is 10.9 Å². The fourth-order valence-corrected chi connectivity index (χ4v) is 2.71. The highest BCUT2D eigenvalue weighted by molar-refractivity contribution is 9.10. The Morgan fingerprint density at radius 1 is 1.42 bits per heavy atom. The van der Waals surface area contributed by atoms with Gasteiger partial charge >= 0.3 is 0 Å². The van der Waals surface area contributed by atoms with Crippen LogP contribution in [0.1, 0.15) is 24.7 Å². The molecule has 1 aromatic heterocycles. The van der Waals surface area contributed by atoms with E-state index in [-0.39, 0.29) is 0 Å². The van der Waals surface area contributed by atoms with Gasteiger partial charge in [0.1, 0.15) is 0 Å². The van der Waals surface area contributed by atoms with Crippen LogP contribution >= 0.6 is 27.5 Å². The third-order valence-corrected chi connectivity index (χ3v) is 4.48. The van der Waals surface area contributed by atoms with Gasteiger partial charge in [-0.15, -0.1) is 0 Å². The first-order valence-corrected chi connectivity index (χ1v) is 7.41. The van der Waals surface area contributed by atoms with E-state index >= 15 is 0 Å². The summed E-state index contributed by atoms with van der Waals surface area (Å²) in [6.45, 7) is 1.98. The van der Waals surface area contributed by atoms with Crippen LogP contribution in [0.25, 0.3) is 11.4 Å². The zero-order chi connectivity index (χ0) is 13.2. The quantitative estimate of drug-likeness (QED) is 0.905. The van der Waals surface area contributed by atoms with Crippen LogP contribution in [0.2, 0.25) is 5.02 Å². The molecular weight excluding hydrogens is 330 g/mol. The van der Waals surface area contributed by atoms with Crippen molar-refractivity contribution in [1.29, 1.82) is 0 Å². The summed E-state index contributed by atoms with van der Waals surface area (Å²) in [6.07, 6.45) is 2.24. The van der Waals surface area contributed by atoms with Crippen molar-refractivity contribution in [2.45, 2.75) is 18.8 Å². The number of hydrogen-bond acceptors (Lipinski definition) is 4. The summed E-state index contributed by atoms with van der Waals surface area (Å²) >= 11 is 9.37. The van der Waals surface area contributed by atoms with E-state index in [4.69, 9.17) is 16.1 Å². The lowest BCUT2D eigenvalue weighted by atomic mass is 10.00. The van der Waals surface area contributed by atoms with E-state index in [1.54, 1.807) is 0 Å². The van der Waals surface area contributed by atoms with Gasteiger partial charge < -0.3 is 9.84 Å². The molecule has 1 fully saturated rings. The molecule has 2 aromatic rings. The monoisotopic (exact) mass is 341 g/mol. The summed E-state index contributed by atoms with van der Waals surface area (Å²) in [4.78, 5) is 4.49. The van der Waals surface area contributed by atoms with Gasteiger partial charge in [-0.1, -0.05) is 16.8 Å². The van der Waals surface area contributed by atoms with E-state index in [2.05, 4.69) is 31.4 Å². The van der Waals surface area contributed by atoms with Crippen LogP contribution < -0.4 is 5.32 Å². The number of halogens is 2. The van der Waals surface area contributed by atoms with Crippen molar-refractivity contribution in [2.75, 3.05) is 13.1 Å². The van der Waals surface area contributed by atoms with Crippen molar-refractivity contribution < 1.29 is 4.52 Å². The van der Waals surface area contributed by atoms with Crippen molar-refractivity contribution >= 4 is 27.5 Å². The molecule has 4 nitrogen and oxygen atoms in total. The van der Waals surface area contributed by atoms with Gasteiger partial charge in [0.2, 0.25) is 11.7 Å². The Morgan fingerprint density at radius 2 is 2.32 bits per heavy atom. The minimum absolute atomic E-state index is 0.325. The molecule has 3 rings (SSSR count). The Labute approximate surface area is 124 Å². The SMILES string of the molecule is Clc1ccc(-c2noc(C3CCCNC3)n2)cc1Br. The zero-order valence-electron chi connectivity index (χ0n) is 10.2. The molecule has 0 saturated carbocycles. The second-order valence-corrected chi connectivity index (χ2v) is 5.89. The summed E-state index contributed by atoms with van der Waals surface area (Å²) in [7, 11) is 0. The van der Waals surface area contributed by atoms with E-state index < -0.39 is 0 Å². The second-order valence-electron chi connectivity index (χ2n) is 4.63. The van der Waals surface area contributed by atoms with Gasteiger partial charge in [0.25, 0.3) is 0 Å². The molecule has 1 saturated heterocycles. The third kappa shape index (κ3) is 2.83. The Balaban J connectivity index is 1.85. The molecule has 0 aliphatic carbocycles. The maximum absolute atomic E-state index is 5.98. The fraction of sp³-hybridized carbons (Fsp3) is 0.385. The van der Waals surface area contributed by atoms with Crippen LogP contribution in [-0.2, 0) is 0 Å². The molecule has 6 heteroatoms. The summed E-state index contributed by atoms with van der Waals surface area (Å²) in [5, 5.41) is 8.07. The molecule has 1 unspecified atom stereocenters. The van der Waals surface area contributed by atoms with Gasteiger partial charge in [-0.2, -0.15) is 4.98 Å². The first-order chi connectivity index (χ1) is 9.24. The highest BCUT2D eigenvalue weighted by Gasteiger charge is 2.21. The Morgan fingerprint density at radius 3 is 3.05 bits per heavy atom. The maximum atomic E-state index is 5.98. The van der Waals surface area contributed by atoms with E-state index in [9.17, 15) is 0 Å². The number of piperidine rings is 1. The summed E-state index contributed by atoms with van der Waals surface area (Å²) in [6, 6.07) is 5.61. The molecular formula is C13H13BrClN3O. The van der Waals surface area contributed by atoms with Crippen molar-refractivity contribution in [1.82, 2.24) is 15.5 Å². The molecule has 1 aromatic carbocycles.